The molecule has 1 aliphatic rings. The van der Waals surface area contributed by atoms with Gasteiger partial charge in [-0.3, -0.25) is 0 Å². The van der Waals surface area contributed by atoms with Gasteiger partial charge in [-0.2, -0.15) is 5.26 Å². The van der Waals surface area contributed by atoms with E-state index in [0.29, 0.717) is 5.92 Å². The molecule has 0 unspecified atom stereocenters. The molecule has 0 radical (unpaired) electrons. The zero-order valence-corrected chi connectivity index (χ0v) is 8.91. The second kappa shape index (κ2) is 2.85. The standard InChI is InChI=1S/C13H15N/c1-9-4-6-10(7-5-9)12-11(8-14)13(12,2)3/h4-7,11-12H,1-3H3/t11-,12-/m1/s1. The Labute approximate surface area is 85.4 Å². The third kappa shape index (κ3) is 1.23. The van der Waals surface area contributed by atoms with Crippen molar-refractivity contribution in [2.45, 2.75) is 26.7 Å². The van der Waals surface area contributed by atoms with Gasteiger partial charge in [-0.25, -0.2) is 0 Å². The van der Waals surface area contributed by atoms with Crippen molar-refractivity contribution < 1.29 is 0 Å². The minimum Gasteiger partial charge on any atom is -0.198 e. The van der Waals surface area contributed by atoms with Crippen LogP contribution < -0.4 is 0 Å². The van der Waals surface area contributed by atoms with Crippen molar-refractivity contribution in [3.8, 4) is 6.07 Å². The minimum absolute atomic E-state index is 0.171. The van der Waals surface area contributed by atoms with Gasteiger partial charge in [0.1, 0.15) is 0 Å². The highest BCUT2D eigenvalue weighted by atomic mass is 14.6. The molecule has 0 bridgehead atoms. The molecule has 1 nitrogen and oxygen atoms in total. The minimum atomic E-state index is 0.171. The topological polar surface area (TPSA) is 23.8 Å². The number of nitrogens with zero attached hydrogens (tertiary/aromatic N) is 1. The lowest BCUT2D eigenvalue weighted by molar-refractivity contribution is 0.596. The first kappa shape index (κ1) is 9.27. The Kier molecular flexibility index (Phi) is 1.89. The predicted octanol–water partition coefficient (Wildman–Crippen LogP) is 3.26. The molecule has 0 N–H and O–H groups in total. The van der Waals surface area contributed by atoms with E-state index in [2.05, 4.69) is 51.1 Å². The number of aryl methyl sites for hydroxylation is 1. The van der Waals surface area contributed by atoms with Crippen molar-refractivity contribution in [3.05, 3.63) is 35.4 Å². The fraction of sp³-hybridized carbons (Fsp3) is 0.462. The average Bonchev–Trinajstić information content (AvgIpc) is 2.69. The van der Waals surface area contributed by atoms with Crippen molar-refractivity contribution in [2.24, 2.45) is 11.3 Å². The van der Waals surface area contributed by atoms with Gasteiger partial charge in [0.25, 0.3) is 0 Å². The highest BCUT2D eigenvalue weighted by Gasteiger charge is 2.58. The lowest BCUT2D eigenvalue weighted by Gasteiger charge is -2.02. The third-order valence-electron chi connectivity index (χ3n) is 3.40. The van der Waals surface area contributed by atoms with Gasteiger partial charge in [-0.05, 0) is 17.9 Å². The predicted molar refractivity (Wildman–Crippen MR) is 56.8 cm³/mol. The molecule has 1 aromatic carbocycles. The molecular formula is C13H15N. The van der Waals surface area contributed by atoms with E-state index in [1.165, 1.54) is 11.1 Å². The first-order valence-electron chi connectivity index (χ1n) is 5.03. The maximum atomic E-state index is 8.98. The third-order valence-corrected chi connectivity index (χ3v) is 3.40. The van der Waals surface area contributed by atoms with Crippen molar-refractivity contribution in [2.75, 3.05) is 0 Å². The van der Waals surface area contributed by atoms with Crippen LogP contribution in [0.5, 0.6) is 0 Å². The van der Waals surface area contributed by atoms with Gasteiger partial charge in [-0.15, -0.1) is 0 Å². The van der Waals surface area contributed by atoms with E-state index >= 15 is 0 Å². The largest absolute Gasteiger partial charge is 0.198 e. The molecule has 0 aromatic heterocycles. The molecule has 0 spiro atoms. The summed E-state index contributed by atoms with van der Waals surface area (Å²) in [5.41, 5.74) is 2.76. The van der Waals surface area contributed by atoms with Crippen LogP contribution in [0.3, 0.4) is 0 Å². The molecule has 1 aromatic rings. The van der Waals surface area contributed by atoms with Crippen LogP contribution in [0.2, 0.25) is 0 Å². The molecule has 1 fully saturated rings. The van der Waals surface area contributed by atoms with Crippen LogP contribution in [0, 0.1) is 29.6 Å². The van der Waals surface area contributed by atoms with Gasteiger partial charge in [0.05, 0.1) is 12.0 Å². The molecular weight excluding hydrogens is 170 g/mol. The Bertz CT molecular complexity index is 381. The monoisotopic (exact) mass is 185 g/mol. The molecule has 0 amide bonds. The van der Waals surface area contributed by atoms with E-state index in [1.54, 1.807) is 0 Å². The fourth-order valence-corrected chi connectivity index (χ4v) is 2.27. The van der Waals surface area contributed by atoms with E-state index < -0.39 is 0 Å². The molecule has 1 aliphatic carbocycles. The Morgan fingerprint density at radius 3 is 2.21 bits per heavy atom. The molecule has 1 heteroatoms. The molecule has 14 heavy (non-hydrogen) atoms. The number of hydrogen-bond acceptors (Lipinski definition) is 1. The van der Waals surface area contributed by atoms with Crippen molar-refractivity contribution >= 4 is 0 Å². The van der Waals surface area contributed by atoms with Crippen LogP contribution in [0.25, 0.3) is 0 Å². The van der Waals surface area contributed by atoms with Gasteiger partial charge < -0.3 is 0 Å². The van der Waals surface area contributed by atoms with Gasteiger partial charge >= 0.3 is 0 Å². The van der Waals surface area contributed by atoms with E-state index in [1.807, 2.05) is 0 Å². The normalized spacial score (nSPS) is 28.1. The Morgan fingerprint density at radius 1 is 1.21 bits per heavy atom. The molecule has 0 aliphatic heterocycles. The first-order valence-corrected chi connectivity index (χ1v) is 5.03. The highest BCUT2D eigenvalue weighted by Crippen LogP contribution is 2.63. The molecule has 2 rings (SSSR count). The van der Waals surface area contributed by atoms with Crippen LogP contribution >= 0.6 is 0 Å². The molecule has 0 saturated heterocycles. The van der Waals surface area contributed by atoms with Crippen molar-refractivity contribution in [3.63, 3.8) is 0 Å². The second-order valence-electron chi connectivity index (χ2n) is 4.82. The van der Waals surface area contributed by atoms with Crippen LogP contribution in [0.1, 0.15) is 30.9 Å². The lowest BCUT2D eigenvalue weighted by atomic mass is 10.0. The quantitative estimate of drug-likeness (QED) is 0.658. The van der Waals surface area contributed by atoms with Crippen molar-refractivity contribution in [1.29, 1.82) is 5.26 Å². The van der Waals surface area contributed by atoms with Crippen LogP contribution in [-0.4, -0.2) is 0 Å². The zero-order chi connectivity index (χ0) is 10.3. The Hall–Kier alpha value is -1.29. The molecule has 72 valence electrons. The maximum Gasteiger partial charge on any atom is 0.0668 e. The second-order valence-corrected chi connectivity index (χ2v) is 4.82. The van der Waals surface area contributed by atoms with Gasteiger partial charge in [0.15, 0.2) is 0 Å². The van der Waals surface area contributed by atoms with E-state index in [4.69, 9.17) is 5.26 Å². The van der Waals surface area contributed by atoms with Crippen LogP contribution in [0.4, 0.5) is 0 Å². The zero-order valence-electron chi connectivity index (χ0n) is 8.91. The maximum absolute atomic E-state index is 8.98. The average molecular weight is 185 g/mol. The number of benzene rings is 1. The lowest BCUT2D eigenvalue weighted by Crippen LogP contribution is -1.89. The van der Waals surface area contributed by atoms with E-state index in [0.717, 1.165) is 0 Å². The summed E-state index contributed by atoms with van der Waals surface area (Å²) in [7, 11) is 0. The number of rotatable bonds is 1. The van der Waals surface area contributed by atoms with Crippen molar-refractivity contribution in [1.82, 2.24) is 0 Å². The first-order chi connectivity index (χ1) is 6.57. The Balaban J connectivity index is 2.28. The van der Waals surface area contributed by atoms with Gasteiger partial charge in [0.2, 0.25) is 0 Å². The van der Waals surface area contributed by atoms with Gasteiger partial charge in [0, 0.05) is 5.92 Å². The summed E-state index contributed by atoms with van der Waals surface area (Å²) < 4.78 is 0. The number of nitriles is 1. The summed E-state index contributed by atoms with van der Waals surface area (Å²) in [6, 6.07) is 10.9. The summed E-state index contributed by atoms with van der Waals surface area (Å²) in [6.07, 6.45) is 0. The summed E-state index contributed by atoms with van der Waals surface area (Å²) >= 11 is 0. The van der Waals surface area contributed by atoms with Crippen LogP contribution in [0.15, 0.2) is 24.3 Å². The molecule has 1 saturated carbocycles. The number of hydrogen-bond donors (Lipinski definition) is 0. The summed E-state index contributed by atoms with van der Waals surface area (Å²) in [6.45, 7) is 6.43. The smallest absolute Gasteiger partial charge is 0.0668 e. The molecule has 0 heterocycles. The Morgan fingerprint density at radius 2 is 1.79 bits per heavy atom. The highest BCUT2D eigenvalue weighted by molar-refractivity contribution is 5.36. The van der Waals surface area contributed by atoms with E-state index in [-0.39, 0.29) is 11.3 Å². The van der Waals surface area contributed by atoms with Crippen LogP contribution in [-0.2, 0) is 0 Å². The summed E-state index contributed by atoms with van der Waals surface area (Å²) in [4.78, 5) is 0. The van der Waals surface area contributed by atoms with E-state index in [9.17, 15) is 0 Å². The molecule has 2 atom stereocenters. The van der Waals surface area contributed by atoms with Gasteiger partial charge in [-0.1, -0.05) is 43.7 Å². The summed E-state index contributed by atoms with van der Waals surface area (Å²) in [5, 5.41) is 8.98. The SMILES string of the molecule is Cc1ccc([C@@H]2[C@@H](C#N)C2(C)C)cc1. The summed E-state index contributed by atoms with van der Waals surface area (Å²) in [5.74, 6) is 0.637. The fourth-order valence-electron chi connectivity index (χ4n) is 2.27.